The molecule has 0 spiro atoms. The molecule has 5 heteroatoms. The molecule has 0 aliphatic rings. The highest BCUT2D eigenvalue weighted by molar-refractivity contribution is 7.10. The predicted octanol–water partition coefficient (Wildman–Crippen LogP) is 3.97. The maximum Gasteiger partial charge on any atom is 0.190 e. The van der Waals surface area contributed by atoms with Gasteiger partial charge in [0.2, 0.25) is 0 Å². The molecule has 0 aliphatic heterocycles. The molecule has 0 radical (unpaired) electrons. The van der Waals surface area contributed by atoms with Crippen LogP contribution in [0.25, 0.3) is 0 Å². The molecule has 0 bridgehead atoms. The second kappa shape index (κ2) is 5.59. The quantitative estimate of drug-likeness (QED) is 0.798. The van der Waals surface area contributed by atoms with Crippen LogP contribution >= 0.6 is 11.3 Å². The predicted molar refractivity (Wildman–Crippen MR) is 77.1 cm³/mol. The van der Waals surface area contributed by atoms with E-state index in [2.05, 4.69) is 11.1 Å². The molecule has 2 heterocycles. The van der Waals surface area contributed by atoms with Crippen molar-refractivity contribution in [3.8, 4) is 6.07 Å². The van der Waals surface area contributed by atoms with Crippen molar-refractivity contribution in [1.82, 2.24) is 4.98 Å². The molecule has 104 valence electrons. The van der Waals surface area contributed by atoms with E-state index in [1.165, 1.54) is 11.3 Å². The van der Waals surface area contributed by atoms with Crippen LogP contribution in [0.3, 0.4) is 0 Å². The Morgan fingerprint density at radius 1 is 1.45 bits per heavy atom. The molecule has 0 fully saturated rings. The van der Waals surface area contributed by atoms with Crippen LogP contribution in [0, 0.1) is 25.2 Å². The fourth-order valence-corrected chi connectivity index (χ4v) is 2.98. The maximum absolute atomic E-state index is 12.5. The number of ketones is 1. The highest BCUT2D eigenvalue weighted by atomic mass is 32.1. The lowest BCUT2D eigenvalue weighted by Crippen LogP contribution is -2.11. The second-order valence-corrected chi connectivity index (χ2v) is 5.91. The Balaban J connectivity index is 2.35. The summed E-state index contributed by atoms with van der Waals surface area (Å²) in [5.41, 5.74) is 1.38. The van der Waals surface area contributed by atoms with Gasteiger partial charge >= 0.3 is 0 Å². The number of furan rings is 1. The van der Waals surface area contributed by atoms with Crippen LogP contribution in [-0.2, 0) is 0 Å². The standard InChI is InChI=1S/C15H16N2O2S/c1-8(2)13-7-20-15(17-13)12(6-16)14(18)11-5-9(3)19-10(11)4/h5,7-8,12H,1-4H3. The summed E-state index contributed by atoms with van der Waals surface area (Å²) < 4.78 is 5.36. The first-order chi connectivity index (χ1) is 9.43. The van der Waals surface area contributed by atoms with E-state index in [-0.39, 0.29) is 11.7 Å². The number of carbonyl (C=O) groups is 1. The molecular formula is C15H16N2O2S. The Bertz CT molecular complexity index is 676. The zero-order valence-electron chi connectivity index (χ0n) is 11.9. The summed E-state index contributed by atoms with van der Waals surface area (Å²) in [5.74, 6) is 0.403. The molecule has 1 unspecified atom stereocenters. The number of hydrogen-bond acceptors (Lipinski definition) is 5. The van der Waals surface area contributed by atoms with Gasteiger partial charge in [-0.15, -0.1) is 11.3 Å². The van der Waals surface area contributed by atoms with E-state index in [4.69, 9.17) is 4.42 Å². The number of carbonyl (C=O) groups excluding carboxylic acids is 1. The summed E-state index contributed by atoms with van der Waals surface area (Å²) in [6, 6.07) is 3.74. The van der Waals surface area contributed by atoms with Gasteiger partial charge in [0.25, 0.3) is 0 Å². The summed E-state index contributed by atoms with van der Waals surface area (Å²) in [6.07, 6.45) is 0. The van der Waals surface area contributed by atoms with Crippen LogP contribution < -0.4 is 0 Å². The fourth-order valence-electron chi connectivity index (χ4n) is 1.96. The Labute approximate surface area is 122 Å². The van der Waals surface area contributed by atoms with Crippen LogP contribution in [0.4, 0.5) is 0 Å². The molecule has 4 nitrogen and oxygen atoms in total. The van der Waals surface area contributed by atoms with E-state index in [0.717, 1.165) is 5.69 Å². The van der Waals surface area contributed by atoms with E-state index in [9.17, 15) is 10.1 Å². The van der Waals surface area contributed by atoms with Crippen molar-refractivity contribution >= 4 is 17.1 Å². The van der Waals surface area contributed by atoms with E-state index in [1.54, 1.807) is 19.9 Å². The first-order valence-corrected chi connectivity index (χ1v) is 7.28. The monoisotopic (exact) mass is 288 g/mol. The number of nitriles is 1. The Hall–Kier alpha value is -1.93. The zero-order chi connectivity index (χ0) is 14.9. The number of aromatic nitrogens is 1. The third-order valence-electron chi connectivity index (χ3n) is 3.08. The molecule has 2 rings (SSSR count). The number of rotatable bonds is 4. The van der Waals surface area contributed by atoms with Crippen LogP contribution in [0.2, 0.25) is 0 Å². The van der Waals surface area contributed by atoms with Crippen molar-refractivity contribution in [3.63, 3.8) is 0 Å². The van der Waals surface area contributed by atoms with Gasteiger partial charge in [-0.25, -0.2) is 4.98 Å². The number of Topliss-reactive ketones (excluding diaryl/α,β-unsaturated/α-hetero) is 1. The summed E-state index contributed by atoms with van der Waals surface area (Å²) >= 11 is 1.36. The molecule has 0 amide bonds. The summed E-state index contributed by atoms with van der Waals surface area (Å²) in [7, 11) is 0. The first-order valence-electron chi connectivity index (χ1n) is 6.40. The van der Waals surface area contributed by atoms with Gasteiger partial charge in [0.05, 0.1) is 17.3 Å². The molecule has 0 aromatic carbocycles. The Kier molecular flexibility index (Phi) is 4.05. The molecule has 0 N–H and O–H groups in total. The lowest BCUT2D eigenvalue weighted by atomic mass is 9.99. The Morgan fingerprint density at radius 2 is 2.15 bits per heavy atom. The molecule has 0 aliphatic carbocycles. The van der Waals surface area contributed by atoms with Crippen LogP contribution in [0.15, 0.2) is 15.9 Å². The zero-order valence-corrected chi connectivity index (χ0v) is 12.7. The number of thiazole rings is 1. The third kappa shape index (κ3) is 2.66. The number of hydrogen-bond donors (Lipinski definition) is 0. The van der Waals surface area contributed by atoms with E-state index >= 15 is 0 Å². The number of nitrogens with zero attached hydrogens (tertiary/aromatic N) is 2. The SMILES string of the molecule is Cc1cc(C(=O)C(C#N)c2nc(C(C)C)cs2)c(C)o1. The molecule has 1 atom stereocenters. The van der Waals surface area contributed by atoms with Crippen LogP contribution in [0.5, 0.6) is 0 Å². The van der Waals surface area contributed by atoms with Crippen LogP contribution in [0.1, 0.15) is 58.3 Å². The summed E-state index contributed by atoms with van der Waals surface area (Å²) in [5, 5.41) is 11.8. The van der Waals surface area contributed by atoms with Gasteiger partial charge in [-0.3, -0.25) is 4.79 Å². The third-order valence-corrected chi connectivity index (χ3v) is 4.00. The van der Waals surface area contributed by atoms with Crippen molar-refractivity contribution < 1.29 is 9.21 Å². The maximum atomic E-state index is 12.5. The van der Waals surface area contributed by atoms with Gasteiger partial charge in [-0.2, -0.15) is 5.26 Å². The van der Waals surface area contributed by atoms with Gasteiger partial charge in [0.15, 0.2) is 11.7 Å². The van der Waals surface area contributed by atoms with Gasteiger partial charge in [-0.05, 0) is 25.8 Å². The average Bonchev–Trinajstić information content (AvgIpc) is 2.97. The molecule has 2 aromatic heterocycles. The van der Waals surface area contributed by atoms with Crippen molar-refractivity contribution in [2.45, 2.75) is 39.5 Å². The highest BCUT2D eigenvalue weighted by Gasteiger charge is 2.28. The normalized spacial score (nSPS) is 12.4. The molecular weight excluding hydrogens is 272 g/mol. The minimum absolute atomic E-state index is 0.244. The van der Waals surface area contributed by atoms with E-state index in [0.29, 0.717) is 22.1 Å². The van der Waals surface area contributed by atoms with Crippen molar-refractivity contribution in [2.75, 3.05) is 0 Å². The van der Waals surface area contributed by atoms with Gasteiger partial charge in [0, 0.05) is 5.38 Å². The van der Waals surface area contributed by atoms with E-state index < -0.39 is 5.92 Å². The summed E-state index contributed by atoms with van der Waals surface area (Å²) in [4.78, 5) is 16.9. The largest absolute Gasteiger partial charge is 0.466 e. The molecule has 20 heavy (non-hydrogen) atoms. The minimum Gasteiger partial charge on any atom is -0.466 e. The van der Waals surface area contributed by atoms with Crippen molar-refractivity contribution in [1.29, 1.82) is 5.26 Å². The lowest BCUT2D eigenvalue weighted by Gasteiger charge is -2.04. The molecule has 0 saturated carbocycles. The molecule has 0 saturated heterocycles. The van der Waals surface area contributed by atoms with Gasteiger partial charge in [0.1, 0.15) is 16.5 Å². The first kappa shape index (κ1) is 14.5. The second-order valence-electron chi connectivity index (χ2n) is 5.02. The van der Waals surface area contributed by atoms with E-state index in [1.807, 2.05) is 19.2 Å². The topological polar surface area (TPSA) is 66.9 Å². The summed E-state index contributed by atoms with van der Waals surface area (Å²) in [6.45, 7) is 7.58. The van der Waals surface area contributed by atoms with Crippen molar-refractivity contribution in [2.24, 2.45) is 0 Å². The highest BCUT2D eigenvalue weighted by Crippen LogP contribution is 2.28. The van der Waals surface area contributed by atoms with Crippen molar-refractivity contribution in [3.05, 3.63) is 39.2 Å². The van der Waals surface area contributed by atoms with Gasteiger partial charge in [-0.1, -0.05) is 13.8 Å². The number of aryl methyl sites for hydroxylation is 2. The minimum atomic E-state index is -0.858. The molecule has 2 aromatic rings. The fraction of sp³-hybridized carbons (Fsp3) is 0.400. The lowest BCUT2D eigenvalue weighted by molar-refractivity contribution is 0.0977. The average molecular weight is 288 g/mol. The smallest absolute Gasteiger partial charge is 0.190 e. The Morgan fingerprint density at radius 3 is 2.60 bits per heavy atom. The van der Waals surface area contributed by atoms with Crippen LogP contribution in [-0.4, -0.2) is 10.8 Å². The van der Waals surface area contributed by atoms with Gasteiger partial charge < -0.3 is 4.42 Å².